The first kappa shape index (κ1) is 17.2. The summed E-state index contributed by atoms with van der Waals surface area (Å²) < 4.78 is 29.5. The van der Waals surface area contributed by atoms with Crippen LogP contribution >= 0.6 is 0 Å². The predicted molar refractivity (Wildman–Crippen MR) is 89.9 cm³/mol. The standard InChI is InChI=1S/C16H20N2O4S/c1-23(20,21)18-10-4-9-17-16(19)12-22-15-8-7-13-5-2-3-6-14(13)11-15/h2-3,5-8,11,18H,4,9-10,12H2,1H3,(H,17,19). The van der Waals surface area contributed by atoms with Crippen LogP contribution in [0.4, 0.5) is 0 Å². The molecule has 2 aromatic rings. The van der Waals surface area contributed by atoms with E-state index in [0.29, 0.717) is 25.3 Å². The number of hydrogen-bond acceptors (Lipinski definition) is 4. The Balaban J connectivity index is 1.71. The van der Waals surface area contributed by atoms with Gasteiger partial charge in [-0.1, -0.05) is 30.3 Å². The molecule has 23 heavy (non-hydrogen) atoms. The van der Waals surface area contributed by atoms with Crippen LogP contribution < -0.4 is 14.8 Å². The van der Waals surface area contributed by atoms with Gasteiger partial charge in [0.25, 0.3) is 5.91 Å². The Hall–Kier alpha value is -2.12. The molecule has 0 aromatic heterocycles. The van der Waals surface area contributed by atoms with Crippen molar-refractivity contribution >= 4 is 26.7 Å². The first-order valence-corrected chi connectivity index (χ1v) is 9.16. The summed E-state index contributed by atoms with van der Waals surface area (Å²) in [6.45, 7) is 0.616. The summed E-state index contributed by atoms with van der Waals surface area (Å²) in [6, 6.07) is 13.6. The lowest BCUT2D eigenvalue weighted by Gasteiger charge is -2.08. The van der Waals surface area contributed by atoms with Crippen molar-refractivity contribution < 1.29 is 17.9 Å². The van der Waals surface area contributed by atoms with Gasteiger partial charge in [-0.2, -0.15) is 0 Å². The van der Waals surface area contributed by atoms with Crippen molar-refractivity contribution in [2.45, 2.75) is 6.42 Å². The smallest absolute Gasteiger partial charge is 0.257 e. The van der Waals surface area contributed by atoms with Crippen LogP contribution in [0.25, 0.3) is 10.8 Å². The Labute approximate surface area is 135 Å². The lowest BCUT2D eigenvalue weighted by atomic mass is 10.1. The zero-order chi connectivity index (χ0) is 16.7. The van der Waals surface area contributed by atoms with Gasteiger partial charge in [-0.3, -0.25) is 4.79 Å². The molecule has 0 atom stereocenters. The molecule has 7 heteroatoms. The largest absolute Gasteiger partial charge is 0.484 e. The minimum absolute atomic E-state index is 0.0716. The summed E-state index contributed by atoms with van der Waals surface area (Å²) in [5.74, 6) is 0.398. The van der Waals surface area contributed by atoms with E-state index in [-0.39, 0.29) is 12.5 Å². The monoisotopic (exact) mass is 336 g/mol. The van der Waals surface area contributed by atoms with Gasteiger partial charge in [-0.05, 0) is 29.3 Å². The number of carbonyl (C=O) groups excluding carboxylic acids is 1. The number of carbonyl (C=O) groups is 1. The maximum atomic E-state index is 11.7. The molecular formula is C16H20N2O4S. The predicted octanol–water partition coefficient (Wildman–Crippen LogP) is 1.27. The number of nitrogens with one attached hydrogen (secondary N) is 2. The first-order chi connectivity index (χ1) is 10.9. The average Bonchev–Trinajstić information content (AvgIpc) is 2.51. The van der Waals surface area contributed by atoms with Gasteiger partial charge >= 0.3 is 0 Å². The lowest BCUT2D eigenvalue weighted by Crippen LogP contribution is -2.32. The minimum Gasteiger partial charge on any atom is -0.484 e. The fraction of sp³-hybridized carbons (Fsp3) is 0.312. The van der Waals surface area contributed by atoms with Crippen LogP contribution in [0.3, 0.4) is 0 Å². The van der Waals surface area contributed by atoms with E-state index in [4.69, 9.17) is 4.74 Å². The van der Waals surface area contributed by atoms with Crippen molar-refractivity contribution in [3.63, 3.8) is 0 Å². The van der Waals surface area contributed by atoms with Gasteiger partial charge in [0.15, 0.2) is 6.61 Å². The maximum absolute atomic E-state index is 11.7. The fourth-order valence-corrected chi connectivity index (χ4v) is 2.55. The molecule has 0 spiro atoms. The highest BCUT2D eigenvalue weighted by Gasteiger charge is 2.04. The van der Waals surface area contributed by atoms with Gasteiger partial charge in [0.05, 0.1) is 6.26 Å². The van der Waals surface area contributed by atoms with Crippen LogP contribution in [0, 0.1) is 0 Å². The number of benzene rings is 2. The molecule has 2 rings (SSSR count). The molecule has 124 valence electrons. The Kier molecular flexibility index (Phi) is 5.95. The summed E-state index contributed by atoms with van der Waals surface area (Å²) >= 11 is 0. The van der Waals surface area contributed by atoms with Gasteiger partial charge in [0.2, 0.25) is 10.0 Å². The third-order valence-electron chi connectivity index (χ3n) is 3.13. The molecule has 2 N–H and O–H groups in total. The molecule has 1 amide bonds. The van der Waals surface area contributed by atoms with Gasteiger partial charge < -0.3 is 10.1 Å². The first-order valence-electron chi connectivity index (χ1n) is 7.27. The van der Waals surface area contributed by atoms with E-state index in [0.717, 1.165) is 17.0 Å². The molecular weight excluding hydrogens is 316 g/mol. The van der Waals surface area contributed by atoms with E-state index in [9.17, 15) is 13.2 Å². The third-order valence-corrected chi connectivity index (χ3v) is 3.86. The van der Waals surface area contributed by atoms with Gasteiger partial charge in [-0.25, -0.2) is 13.1 Å². The number of fused-ring (bicyclic) bond motifs is 1. The molecule has 0 aliphatic rings. The molecule has 0 bridgehead atoms. The summed E-state index contributed by atoms with van der Waals surface area (Å²) in [5, 5.41) is 4.84. The summed E-state index contributed by atoms with van der Waals surface area (Å²) in [4.78, 5) is 11.7. The number of sulfonamides is 1. The zero-order valence-electron chi connectivity index (χ0n) is 12.9. The maximum Gasteiger partial charge on any atom is 0.257 e. The summed E-state index contributed by atoms with van der Waals surface area (Å²) in [5.41, 5.74) is 0. The summed E-state index contributed by atoms with van der Waals surface area (Å²) in [6.07, 6.45) is 1.62. The lowest BCUT2D eigenvalue weighted by molar-refractivity contribution is -0.123. The topological polar surface area (TPSA) is 84.5 Å². The summed E-state index contributed by atoms with van der Waals surface area (Å²) in [7, 11) is -3.18. The van der Waals surface area contributed by atoms with Crippen LogP contribution in [0.15, 0.2) is 42.5 Å². The highest BCUT2D eigenvalue weighted by atomic mass is 32.2. The van der Waals surface area contributed by atoms with Crippen LogP contribution in [0.5, 0.6) is 5.75 Å². The highest BCUT2D eigenvalue weighted by Crippen LogP contribution is 2.20. The molecule has 0 saturated heterocycles. The van der Waals surface area contributed by atoms with Crippen molar-refractivity contribution in [3.8, 4) is 5.75 Å². The average molecular weight is 336 g/mol. The highest BCUT2D eigenvalue weighted by molar-refractivity contribution is 7.88. The van der Waals surface area contributed by atoms with E-state index in [2.05, 4.69) is 10.0 Å². The second-order valence-corrected chi connectivity index (χ2v) is 7.00. The normalized spacial score (nSPS) is 11.3. The van der Waals surface area contributed by atoms with E-state index in [1.165, 1.54) is 0 Å². The molecule has 0 aliphatic carbocycles. The zero-order valence-corrected chi connectivity index (χ0v) is 13.7. The molecule has 0 heterocycles. The van der Waals surface area contributed by atoms with Gasteiger partial charge in [0.1, 0.15) is 5.75 Å². The minimum atomic E-state index is -3.18. The molecule has 0 unspecified atom stereocenters. The molecule has 0 radical (unpaired) electrons. The SMILES string of the molecule is CS(=O)(=O)NCCCNC(=O)COc1ccc2ccccc2c1. The van der Waals surface area contributed by atoms with Crippen molar-refractivity contribution in [1.29, 1.82) is 0 Å². The van der Waals surface area contributed by atoms with Crippen molar-refractivity contribution in [2.75, 3.05) is 26.0 Å². The third kappa shape index (κ3) is 6.25. The van der Waals surface area contributed by atoms with E-state index < -0.39 is 10.0 Å². The Morgan fingerprint density at radius 3 is 2.57 bits per heavy atom. The number of ether oxygens (including phenoxy) is 1. The van der Waals surface area contributed by atoms with E-state index >= 15 is 0 Å². The fourth-order valence-electron chi connectivity index (χ4n) is 2.03. The second-order valence-electron chi connectivity index (χ2n) is 5.17. The van der Waals surface area contributed by atoms with E-state index in [1.807, 2.05) is 42.5 Å². The van der Waals surface area contributed by atoms with Gasteiger partial charge in [0, 0.05) is 13.1 Å². The molecule has 2 aromatic carbocycles. The quantitative estimate of drug-likeness (QED) is 0.711. The Bertz CT molecular complexity index is 774. The van der Waals surface area contributed by atoms with Crippen molar-refractivity contribution in [2.24, 2.45) is 0 Å². The van der Waals surface area contributed by atoms with Crippen LogP contribution in [-0.4, -0.2) is 40.3 Å². The van der Waals surface area contributed by atoms with Crippen molar-refractivity contribution in [3.05, 3.63) is 42.5 Å². The van der Waals surface area contributed by atoms with Crippen LogP contribution in [-0.2, 0) is 14.8 Å². The molecule has 0 saturated carbocycles. The molecule has 0 fully saturated rings. The number of amides is 1. The molecule has 6 nitrogen and oxygen atoms in total. The van der Waals surface area contributed by atoms with Crippen molar-refractivity contribution in [1.82, 2.24) is 10.0 Å². The number of hydrogen-bond donors (Lipinski definition) is 2. The van der Waals surface area contributed by atoms with Crippen LogP contribution in [0.1, 0.15) is 6.42 Å². The van der Waals surface area contributed by atoms with Gasteiger partial charge in [-0.15, -0.1) is 0 Å². The Morgan fingerprint density at radius 2 is 1.83 bits per heavy atom. The van der Waals surface area contributed by atoms with Crippen LogP contribution in [0.2, 0.25) is 0 Å². The second kappa shape index (κ2) is 7.94. The number of rotatable bonds is 8. The Morgan fingerprint density at radius 1 is 1.09 bits per heavy atom. The van der Waals surface area contributed by atoms with E-state index in [1.54, 1.807) is 0 Å². The molecule has 0 aliphatic heterocycles.